The van der Waals surface area contributed by atoms with Crippen molar-refractivity contribution in [1.29, 1.82) is 0 Å². The molecule has 0 aromatic heterocycles. The smallest absolute Gasteiger partial charge is 0.320 e. The molecule has 0 aliphatic rings. The monoisotopic (exact) mass is 492 g/mol. The van der Waals surface area contributed by atoms with Gasteiger partial charge in [0.1, 0.15) is 16.8 Å². The molecule has 1 atom stereocenters. The Kier molecular flexibility index (Phi) is 11.4. The molecule has 8 heteroatoms. The van der Waals surface area contributed by atoms with E-state index in [-0.39, 0.29) is 31.6 Å². The molecule has 1 aromatic carbocycles. The molecule has 0 aliphatic carbocycles. The quantitative estimate of drug-likeness (QED) is 0.370. The van der Waals surface area contributed by atoms with Gasteiger partial charge in [-0.25, -0.2) is 0 Å². The highest BCUT2D eigenvalue weighted by atomic mass is 16.6. The van der Waals surface area contributed by atoms with E-state index in [9.17, 15) is 14.4 Å². The molecule has 1 unspecified atom stereocenters. The van der Waals surface area contributed by atoms with Crippen molar-refractivity contribution in [3.05, 3.63) is 35.9 Å². The summed E-state index contributed by atoms with van der Waals surface area (Å²) < 4.78 is 16.4. The minimum atomic E-state index is -0.646. The average molecular weight is 493 g/mol. The Morgan fingerprint density at radius 2 is 1.17 bits per heavy atom. The Hall–Kier alpha value is -2.45. The number of carbonyl (C=O) groups excluding carboxylic acids is 3. The number of nitrogens with zero attached hydrogens (tertiary/aromatic N) is 1. The predicted octanol–water partition coefficient (Wildman–Crippen LogP) is 3.51. The van der Waals surface area contributed by atoms with E-state index in [4.69, 9.17) is 14.2 Å². The summed E-state index contributed by atoms with van der Waals surface area (Å²) in [5.74, 6) is -1.25. The maximum absolute atomic E-state index is 12.6. The second-order valence-electron chi connectivity index (χ2n) is 11.7. The van der Waals surface area contributed by atoms with Gasteiger partial charge in [0.05, 0.1) is 19.6 Å². The largest absolute Gasteiger partial charge is 0.459 e. The third-order valence-corrected chi connectivity index (χ3v) is 4.30. The summed E-state index contributed by atoms with van der Waals surface area (Å²) in [4.78, 5) is 39.2. The third-order valence-electron chi connectivity index (χ3n) is 4.30. The Morgan fingerprint density at radius 1 is 0.743 bits per heavy atom. The first-order valence-electron chi connectivity index (χ1n) is 12.1. The first-order chi connectivity index (χ1) is 15.9. The van der Waals surface area contributed by atoms with E-state index in [0.29, 0.717) is 13.0 Å². The molecule has 1 N–H and O–H groups in total. The predicted molar refractivity (Wildman–Crippen MR) is 136 cm³/mol. The van der Waals surface area contributed by atoms with Crippen LogP contribution in [-0.2, 0) is 35.0 Å². The van der Waals surface area contributed by atoms with Crippen LogP contribution in [0.25, 0.3) is 0 Å². The molecule has 0 spiro atoms. The van der Waals surface area contributed by atoms with Gasteiger partial charge in [-0.3, -0.25) is 19.3 Å². The number of ether oxygens (including phenoxy) is 3. The van der Waals surface area contributed by atoms with Crippen LogP contribution in [0.15, 0.2) is 30.3 Å². The molecule has 0 bridgehead atoms. The SMILES string of the molecule is CC(C)(C)OC(=O)CNC(Cc1ccccc1)CN(CC(=O)OC(C)(C)C)CC(=O)OC(C)(C)C. The van der Waals surface area contributed by atoms with Gasteiger partial charge in [-0.15, -0.1) is 0 Å². The van der Waals surface area contributed by atoms with Crippen LogP contribution >= 0.6 is 0 Å². The second kappa shape index (κ2) is 13.0. The zero-order valence-corrected chi connectivity index (χ0v) is 22.9. The van der Waals surface area contributed by atoms with Crippen LogP contribution in [0.3, 0.4) is 0 Å². The molecule has 0 saturated heterocycles. The van der Waals surface area contributed by atoms with Crippen molar-refractivity contribution in [1.82, 2.24) is 10.2 Å². The fraction of sp³-hybridized carbons (Fsp3) is 0.667. The fourth-order valence-corrected chi connectivity index (χ4v) is 3.31. The van der Waals surface area contributed by atoms with Gasteiger partial charge in [-0.05, 0) is 74.3 Å². The van der Waals surface area contributed by atoms with E-state index >= 15 is 0 Å². The van der Waals surface area contributed by atoms with E-state index in [1.165, 1.54) is 0 Å². The molecule has 35 heavy (non-hydrogen) atoms. The van der Waals surface area contributed by atoms with Crippen LogP contribution in [0.4, 0.5) is 0 Å². The van der Waals surface area contributed by atoms with E-state index in [1.54, 1.807) is 46.4 Å². The standard InChI is InChI=1S/C27H44N2O6/c1-25(2,3)33-22(30)16-28-21(15-20-13-11-10-12-14-20)17-29(18-23(31)34-26(4,5)6)19-24(32)35-27(7,8)9/h10-14,21,28H,15-19H2,1-9H3. The molecule has 0 heterocycles. The maximum atomic E-state index is 12.6. The van der Waals surface area contributed by atoms with Gasteiger partial charge in [0.25, 0.3) is 0 Å². The van der Waals surface area contributed by atoms with Crippen molar-refractivity contribution in [2.75, 3.05) is 26.2 Å². The van der Waals surface area contributed by atoms with Crippen LogP contribution in [0.2, 0.25) is 0 Å². The summed E-state index contributed by atoms with van der Waals surface area (Å²) in [6.07, 6.45) is 0.586. The normalized spacial score (nSPS) is 13.3. The molecule has 0 aliphatic heterocycles. The van der Waals surface area contributed by atoms with Gasteiger partial charge in [0.15, 0.2) is 0 Å². The molecule has 0 amide bonds. The molecular formula is C27H44N2O6. The lowest BCUT2D eigenvalue weighted by atomic mass is 10.1. The van der Waals surface area contributed by atoms with Gasteiger partial charge in [0, 0.05) is 12.6 Å². The fourth-order valence-electron chi connectivity index (χ4n) is 3.31. The highest BCUT2D eigenvalue weighted by Crippen LogP contribution is 2.12. The molecule has 8 nitrogen and oxygen atoms in total. The molecule has 0 radical (unpaired) electrons. The van der Waals surface area contributed by atoms with Gasteiger partial charge in [-0.1, -0.05) is 30.3 Å². The van der Waals surface area contributed by atoms with Crippen molar-refractivity contribution in [2.45, 2.75) is 91.6 Å². The van der Waals surface area contributed by atoms with Crippen LogP contribution in [0.1, 0.15) is 67.9 Å². The first-order valence-corrected chi connectivity index (χ1v) is 12.1. The lowest BCUT2D eigenvalue weighted by molar-refractivity contribution is -0.160. The second-order valence-corrected chi connectivity index (χ2v) is 11.7. The lowest BCUT2D eigenvalue weighted by Gasteiger charge is -2.30. The minimum absolute atomic E-state index is 0.00147. The highest BCUT2D eigenvalue weighted by molar-refractivity contribution is 5.75. The van der Waals surface area contributed by atoms with Crippen molar-refractivity contribution in [3.63, 3.8) is 0 Å². The van der Waals surface area contributed by atoms with Gasteiger partial charge in [-0.2, -0.15) is 0 Å². The number of hydrogen-bond acceptors (Lipinski definition) is 8. The Labute approximate surface area is 210 Å². The molecular weight excluding hydrogens is 448 g/mol. The summed E-state index contributed by atoms with van der Waals surface area (Å²) in [6, 6.07) is 9.57. The molecule has 1 rings (SSSR count). The van der Waals surface area contributed by atoms with Crippen molar-refractivity contribution in [3.8, 4) is 0 Å². The molecule has 0 saturated carbocycles. The number of carbonyl (C=O) groups is 3. The highest BCUT2D eigenvalue weighted by Gasteiger charge is 2.26. The van der Waals surface area contributed by atoms with Gasteiger partial charge >= 0.3 is 17.9 Å². The third kappa shape index (κ3) is 16.0. The summed E-state index contributed by atoms with van der Waals surface area (Å²) >= 11 is 0. The van der Waals surface area contributed by atoms with E-state index in [1.807, 2.05) is 51.1 Å². The summed E-state index contributed by atoms with van der Waals surface area (Å²) in [5.41, 5.74) is -0.823. The first kappa shape index (κ1) is 30.6. The average Bonchev–Trinajstić information content (AvgIpc) is 2.62. The number of hydrogen-bond donors (Lipinski definition) is 1. The van der Waals surface area contributed by atoms with Crippen molar-refractivity contribution < 1.29 is 28.6 Å². The summed E-state index contributed by atoms with van der Waals surface area (Å²) in [6.45, 7) is 16.4. The summed E-state index contributed by atoms with van der Waals surface area (Å²) in [5, 5.41) is 3.24. The Morgan fingerprint density at radius 3 is 1.60 bits per heavy atom. The van der Waals surface area contributed by atoms with Crippen LogP contribution in [0, 0.1) is 0 Å². The zero-order chi connectivity index (χ0) is 26.9. The number of rotatable bonds is 11. The van der Waals surface area contributed by atoms with E-state index in [0.717, 1.165) is 5.56 Å². The number of esters is 3. The topological polar surface area (TPSA) is 94.2 Å². The zero-order valence-electron chi connectivity index (χ0n) is 22.9. The molecule has 0 fully saturated rings. The summed E-state index contributed by atoms with van der Waals surface area (Å²) in [7, 11) is 0. The number of nitrogens with one attached hydrogen (secondary N) is 1. The van der Waals surface area contributed by atoms with Crippen molar-refractivity contribution >= 4 is 17.9 Å². The van der Waals surface area contributed by atoms with E-state index in [2.05, 4.69) is 5.32 Å². The van der Waals surface area contributed by atoms with Crippen LogP contribution < -0.4 is 5.32 Å². The lowest BCUT2D eigenvalue weighted by Crippen LogP contribution is -2.49. The number of benzene rings is 1. The molecule has 198 valence electrons. The van der Waals surface area contributed by atoms with Gasteiger partial charge in [0.2, 0.25) is 0 Å². The van der Waals surface area contributed by atoms with Crippen molar-refractivity contribution in [2.24, 2.45) is 0 Å². The van der Waals surface area contributed by atoms with Crippen LogP contribution in [0.5, 0.6) is 0 Å². The van der Waals surface area contributed by atoms with Crippen LogP contribution in [-0.4, -0.2) is 71.8 Å². The van der Waals surface area contributed by atoms with Gasteiger partial charge < -0.3 is 19.5 Å². The Bertz CT molecular complexity index is 789. The minimum Gasteiger partial charge on any atom is -0.459 e. The van der Waals surface area contributed by atoms with E-state index < -0.39 is 28.7 Å². The maximum Gasteiger partial charge on any atom is 0.320 e. The Balaban J connectivity index is 3.03. The molecule has 1 aromatic rings.